The fourth-order valence-electron chi connectivity index (χ4n) is 2.54. The molecule has 1 aliphatic rings. The number of rotatable bonds is 3. The maximum Gasteiger partial charge on any atom is 0.306 e. The van der Waals surface area contributed by atoms with Crippen LogP contribution in [0.15, 0.2) is 23.1 Å². The molecule has 0 aliphatic carbocycles. The summed E-state index contributed by atoms with van der Waals surface area (Å²) in [5, 5.41) is 8.97. The fourth-order valence-corrected chi connectivity index (χ4v) is 4.24. The quantitative estimate of drug-likeness (QED) is 0.922. The first-order valence-corrected chi connectivity index (χ1v) is 7.86. The third kappa shape index (κ3) is 3.21. The first-order chi connectivity index (χ1) is 9.71. The third-order valence-electron chi connectivity index (χ3n) is 3.61. The number of hydrogen-bond donors (Lipinski definition) is 1. The summed E-state index contributed by atoms with van der Waals surface area (Å²) < 4.78 is 52.3. The number of sulfonamides is 1. The maximum atomic E-state index is 13.2. The molecule has 8 heteroatoms. The lowest BCUT2D eigenvalue weighted by atomic mass is 9.93. The molecule has 0 radical (unpaired) electrons. The van der Waals surface area contributed by atoms with E-state index >= 15 is 0 Å². The lowest BCUT2D eigenvalue weighted by molar-refractivity contribution is -0.143. The number of carboxylic acids is 1. The molecule has 116 valence electrons. The largest absolute Gasteiger partial charge is 0.481 e. The van der Waals surface area contributed by atoms with E-state index in [1.165, 1.54) is 0 Å². The predicted molar refractivity (Wildman–Crippen MR) is 70.1 cm³/mol. The van der Waals surface area contributed by atoms with Crippen molar-refractivity contribution < 1.29 is 27.1 Å². The zero-order valence-corrected chi connectivity index (χ0v) is 12.1. The molecule has 21 heavy (non-hydrogen) atoms. The number of nitrogens with zero attached hydrogens (tertiary/aromatic N) is 1. The van der Waals surface area contributed by atoms with Gasteiger partial charge in [-0.1, -0.05) is 0 Å². The molecule has 1 heterocycles. The minimum atomic E-state index is -4.04. The number of hydrogen-bond acceptors (Lipinski definition) is 3. The number of halogens is 2. The minimum Gasteiger partial charge on any atom is -0.481 e. The molecule has 1 N–H and O–H groups in total. The third-order valence-corrected chi connectivity index (χ3v) is 5.60. The molecule has 1 aliphatic heterocycles. The number of benzene rings is 1. The summed E-state index contributed by atoms with van der Waals surface area (Å²) in [6.07, 6.45) is 0.350. The second-order valence-corrected chi connectivity index (χ2v) is 7.02. The van der Waals surface area contributed by atoms with E-state index < -0.39 is 44.5 Å². The van der Waals surface area contributed by atoms with Crippen LogP contribution in [0, 0.1) is 17.6 Å². The van der Waals surface area contributed by atoms with Crippen LogP contribution in [0.25, 0.3) is 0 Å². The highest BCUT2D eigenvalue weighted by Crippen LogP contribution is 2.29. The van der Waals surface area contributed by atoms with Crippen molar-refractivity contribution in [1.82, 2.24) is 4.31 Å². The summed E-state index contributed by atoms with van der Waals surface area (Å²) in [7, 11) is -4.04. The summed E-state index contributed by atoms with van der Waals surface area (Å²) >= 11 is 0. The van der Waals surface area contributed by atoms with Crippen LogP contribution < -0.4 is 0 Å². The van der Waals surface area contributed by atoms with E-state index in [9.17, 15) is 22.0 Å². The fraction of sp³-hybridized carbons (Fsp3) is 0.462. The molecule has 0 saturated carbocycles. The van der Waals surface area contributed by atoms with Gasteiger partial charge in [0.05, 0.1) is 10.8 Å². The van der Waals surface area contributed by atoms with Crippen molar-refractivity contribution in [3.63, 3.8) is 0 Å². The van der Waals surface area contributed by atoms with Crippen molar-refractivity contribution in [1.29, 1.82) is 0 Å². The Bertz CT molecular complexity index is 642. The van der Waals surface area contributed by atoms with Crippen molar-refractivity contribution in [2.75, 3.05) is 6.54 Å². The molecule has 0 amide bonds. The smallest absolute Gasteiger partial charge is 0.306 e. The highest BCUT2D eigenvalue weighted by Gasteiger charge is 2.37. The van der Waals surface area contributed by atoms with Crippen molar-refractivity contribution in [3.8, 4) is 0 Å². The van der Waals surface area contributed by atoms with Gasteiger partial charge in [0.2, 0.25) is 10.0 Å². The monoisotopic (exact) mass is 319 g/mol. The second kappa shape index (κ2) is 5.69. The van der Waals surface area contributed by atoms with Gasteiger partial charge >= 0.3 is 5.97 Å². The number of carbonyl (C=O) groups is 1. The topological polar surface area (TPSA) is 74.7 Å². The zero-order chi connectivity index (χ0) is 15.8. The van der Waals surface area contributed by atoms with Crippen LogP contribution in [0.2, 0.25) is 0 Å². The predicted octanol–water partition coefficient (Wildman–Crippen LogP) is 1.84. The Hall–Kier alpha value is -1.54. The van der Waals surface area contributed by atoms with Gasteiger partial charge in [-0.15, -0.1) is 0 Å². The lowest BCUT2D eigenvalue weighted by Crippen LogP contribution is -2.45. The number of carboxylic acid groups (broad SMARTS) is 1. The van der Waals surface area contributed by atoms with E-state index in [2.05, 4.69) is 0 Å². The number of aliphatic carboxylic acids is 1. The van der Waals surface area contributed by atoms with Crippen LogP contribution >= 0.6 is 0 Å². The van der Waals surface area contributed by atoms with Crippen LogP contribution in [0.3, 0.4) is 0 Å². The molecule has 1 saturated heterocycles. The summed E-state index contributed by atoms with van der Waals surface area (Å²) in [5.74, 6) is -3.50. The van der Waals surface area contributed by atoms with E-state index in [4.69, 9.17) is 5.11 Å². The summed E-state index contributed by atoms with van der Waals surface area (Å²) in [6.45, 7) is 1.60. The molecule has 5 nitrogen and oxygen atoms in total. The second-order valence-electron chi connectivity index (χ2n) is 5.13. The molecule has 1 fully saturated rings. The lowest BCUT2D eigenvalue weighted by Gasteiger charge is -2.35. The van der Waals surface area contributed by atoms with Gasteiger partial charge in [-0.3, -0.25) is 4.79 Å². The van der Waals surface area contributed by atoms with Gasteiger partial charge in [0, 0.05) is 18.7 Å². The molecule has 0 aromatic heterocycles. The van der Waals surface area contributed by atoms with Crippen LogP contribution in [0.4, 0.5) is 8.78 Å². The Balaban J connectivity index is 2.30. The first kappa shape index (κ1) is 15.8. The van der Waals surface area contributed by atoms with E-state index in [1.807, 2.05) is 0 Å². The highest BCUT2D eigenvalue weighted by molar-refractivity contribution is 7.89. The van der Waals surface area contributed by atoms with Crippen LogP contribution in [-0.4, -0.2) is 36.4 Å². The zero-order valence-electron chi connectivity index (χ0n) is 11.3. The SMILES string of the molecule is CC1CC(C(=O)O)CCN1S(=O)(=O)c1cc(F)cc(F)c1. The first-order valence-electron chi connectivity index (χ1n) is 6.42. The minimum absolute atomic E-state index is 0.0125. The highest BCUT2D eigenvalue weighted by atomic mass is 32.2. The van der Waals surface area contributed by atoms with Crippen LogP contribution in [0.5, 0.6) is 0 Å². The Morgan fingerprint density at radius 2 is 1.86 bits per heavy atom. The average Bonchev–Trinajstić information content (AvgIpc) is 2.36. The summed E-state index contributed by atoms with van der Waals surface area (Å²) in [5.41, 5.74) is 0. The maximum absolute atomic E-state index is 13.2. The van der Waals surface area contributed by atoms with E-state index in [-0.39, 0.29) is 19.4 Å². The molecule has 0 bridgehead atoms. The standard InChI is InChI=1S/C13H15F2NO4S/c1-8-4-9(13(17)18)2-3-16(8)21(19,20)12-6-10(14)5-11(15)7-12/h5-9H,2-4H2,1H3,(H,17,18). The molecular formula is C13H15F2NO4S. The molecular weight excluding hydrogens is 304 g/mol. The van der Waals surface area contributed by atoms with Crippen molar-refractivity contribution in [3.05, 3.63) is 29.8 Å². The van der Waals surface area contributed by atoms with Gasteiger partial charge in [0.25, 0.3) is 0 Å². The van der Waals surface area contributed by atoms with Gasteiger partial charge in [-0.05, 0) is 31.9 Å². The van der Waals surface area contributed by atoms with E-state index in [1.54, 1.807) is 6.92 Å². The van der Waals surface area contributed by atoms with Crippen LogP contribution in [0.1, 0.15) is 19.8 Å². The molecule has 2 unspecified atom stereocenters. The van der Waals surface area contributed by atoms with Gasteiger partial charge in [-0.2, -0.15) is 4.31 Å². The van der Waals surface area contributed by atoms with Crippen molar-refractivity contribution >= 4 is 16.0 Å². The van der Waals surface area contributed by atoms with Gasteiger partial charge < -0.3 is 5.11 Å². The molecule has 0 spiro atoms. The van der Waals surface area contributed by atoms with Crippen molar-refractivity contribution in [2.24, 2.45) is 5.92 Å². The number of piperidine rings is 1. The summed E-state index contributed by atoms with van der Waals surface area (Å²) in [6, 6.07) is 1.57. The van der Waals surface area contributed by atoms with Gasteiger partial charge in [0.15, 0.2) is 0 Å². The Morgan fingerprint density at radius 1 is 1.29 bits per heavy atom. The normalized spacial score (nSPS) is 24.0. The molecule has 1 aromatic rings. The van der Waals surface area contributed by atoms with Crippen LogP contribution in [-0.2, 0) is 14.8 Å². The Labute approximate surface area is 121 Å². The summed E-state index contributed by atoms with van der Waals surface area (Å²) in [4.78, 5) is 10.5. The Kier molecular flexibility index (Phi) is 4.29. The molecule has 2 atom stereocenters. The Morgan fingerprint density at radius 3 is 2.33 bits per heavy atom. The van der Waals surface area contributed by atoms with Crippen molar-refractivity contribution in [2.45, 2.75) is 30.7 Å². The van der Waals surface area contributed by atoms with Gasteiger partial charge in [0.1, 0.15) is 11.6 Å². The molecule has 2 rings (SSSR count). The van der Waals surface area contributed by atoms with E-state index in [0.29, 0.717) is 6.07 Å². The van der Waals surface area contributed by atoms with Gasteiger partial charge in [-0.25, -0.2) is 17.2 Å². The molecule has 1 aromatic carbocycles. The average molecular weight is 319 g/mol. The van der Waals surface area contributed by atoms with E-state index in [0.717, 1.165) is 16.4 Å².